The summed E-state index contributed by atoms with van der Waals surface area (Å²) in [7, 11) is 1.62. The highest BCUT2D eigenvalue weighted by Gasteiger charge is 2.05. The maximum Gasteiger partial charge on any atom is 0.233 e. The third-order valence-corrected chi connectivity index (χ3v) is 3.93. The number of carbonyl (C=O) groups excluding carboxylic acids is 1. The van der Waals surface area contributed by atoms with Gasteiger partial charge in [0.05, 0.1) is 12.2 Å². The Bertz CT molecular complexity index is 571. The zero-order chi connectivity index (χ0) is 13.7. The van der Waals surface area contributed by atoms with Gasteiger partial charge < -0.3 is 10.6 Å². The molecule has 0 aliphatic rings. The van der Waals surface area contributed by atoms with Crippen molar-refractivity contribution in [2.75, 3.05) is 13.6 Å². The van der Waals surface area contributed by atoms with Crippen LogP contribution in [0.1, 0.15) is 5.69 Å². The summed E-state index contributed by atoms with van der Waals surface area (Å²) in [5.74, 6) is -0.0255. The number of hydrogen-bond donors (Lipinski definition) is 2. The first-order chi connectivity index (χ1) is 9.19. The largest absolute Gasteiger partial charge is 0.358 e. The Hall–Kier alpha value is -1.24. The van der Waals surface area contributed by atoms with Gasteiger partial charge in [-0.3, -0.25) is 4.79 Å². The van der Waals surface area contributed by atoms with Gasteiger partial charge in [0.15, 0.2) is 0 Å². The molecule has 0 spiro atoms. The Labute approximate surface area is 124 Å². The van der Waals surface area contributed by atoms with E-state index >= 15 is 0 Å². The Kier molecular flexibility index (Phi) is 5.07. The van der Waals surface area contributed by atoms with Crippen molar-refractivity contribution >= 4 is 33.2 Å². The number of rotatable bonds is 5. The van der Waals surface area contributed by atoms with Crippen molar-refractivity contribution in [2.24, 2.45) is 0 Å². The number of hydrogen-bond acceptors (Lipinski definition) is 4. The van der Waals surface area contributed by atoms with Gasteiger partial charge in [0.25, 0.3) is 0 Å². The molecule has 0 unspecified atom stereocenters. The Morgan fingerprint density at radius 2 is 2.32 bits per heavy atom. The van der Waals surface area contributed by atoms with Gasteiger partial charge >= 0.3 is 0 Å². The summed E-state index contributed by atoms with van der Waals surface area (Å²) in [6.07, 6.45) is 0. The van der Waals surface area contributed by atoms with Crippen LogP contribution in [0.15, 0.2) is 34.1 Å². The Morgan fingerprint density at radius 3 is 3.05 bits per heavy atom. The molecule has 1 aromatic carbocycles. The lowest BCUT2D eigenvalue weighted by atomic mass is 10.2. The van der Waals surface area contributed by atoms with Crippen LogP contribution in [0.2, 0.25) is 0 Å². The predicted octanol–water partition coefficient (Wildman–Crippen LogP) is 2.41. The van der Waals surface area contributed by atoms with Crippen molar-refractivity contribution in [2.45, 2.75) is 6.54 Å². The average molecular weight is 340 g/mol. The first kappa shape index (κ1) is 14.2. The Balaban J connectivity index is 1.97. The molecule has 6 heteroatoms. The molecule has 0 aliphatic heterocycles. The van der Waals surface area contributed by atoms with Gasteiger partial charge in [-0.1, -0.05) is 28.1 Å². The molecule has 1 aromatic heterocycles. The van der Waals surface area contributed by atoms with Gasteiger partial charge in [-0.05, 0) is 12.1 Å². The fraction of sp³-hybridized carbons (Fsp3) is 0.231. The first-order valence-corrected chi connectivity index (χ1v) is 7.48. The fourth-order valence-corrected chi connectivity index (χ4v) is 2.75. The molecule has 0 aliphatic carbocycles. The highest BCUT2D eigenvalue weighted by Crippen LogP contribution is 2.26. The third-order valence-electron chi connectivity index (χ3n) is 2.49. The third kappa shape index (κ3) is 4.12. The molecule has 4 nitrogen and oxygen atoms in total. The van der Waals surface area contributed by atoms with Crippen molar-refractivity contribution in [3.8, 4) is 10.6 Å². The van der Waals surface area contributed by atoms with Crippen molar-refractivity contribution < 1.29 is 4.79 Å². The summed E-state index contributed by atoms with van der Waals surface area (Å²) < 4.78 is 1.04. The molecule has 0 radical (unpaired) electrons. The van der Waals surface area contributed by atoms with Crippen LogP contribution >= 0.6 is 27.3 Å². The molecule has 100 valence electrons. The van der Waals surface area contributed by atoms with Gasteiger partial charge in [-0.25, -0.2) is 4.98 Å². The van der Waals surface area contributed by atoms with E-state index in [0.717, 1.165) is 20.7 Å². The van der Waals surface area contributed by atoms with Crippen LogP contribution in [-0.2, 0) is 11.3 Å². The summed E-state index contributed by atoms with van der Waals surface area (Å²) in [6, 6.07) is 8.05. The summed E-state index contributed by atoms with van der Waals surface area (Å²) in [4.78, 5) is 15.6. The minimum atomic E-state index is -0.0255. The molecule has 1 heterocycles. The molecule has 0 atom stereocenters. The van der Waals surface area contributed by atoms with Gasteiger partial charge in [-0.2, -0.15) is 0 Å². The molecule has 2 N–H and O–H groups in total. The number of aromatic nitrogens is 1. The number of amides is 1. The second-order valence-electron chi connectivity index (χ2n) is 3.93. The van der Waals surface area contributed by atoms with Crippen molar-refractivity contribution in [3.05, 3.63) is 39.8 Å². The van der Waals surface area contributed by atoms with E-state index in [-0.39, 0.29) is 5.91 Å². The van der Waals surface area contributed by atoms with Crippen LogP contribution in [0.25, 0.3) is 10.6 Å². The fourth-order valence-electron chi connectivity index (χ4n) is 1.53. The molecule has 0 saturated carbocycles. The maximum absolute atomic E-state index is 11.1. The minimum Gasteiger partial charge on any atom is -0.358 e. The maximum atomic E-state index is 11.1. The van der Waals surface area contributed by atoms with Crippen molar-refractivity contribution in [3.63, 3.8) is 0 Å². The molecule has 0 saturated heterocycles. The second-order valence-corrected chi connectivity index (χ2v) is 5.70. The number of carbonyl (C=O) groups is 1. The van der Waals surface area contributed by atoms with Crippen LogP contribution in [0, 0.1) is 0 Å². The highest BCUT2D eigenvalue weighted by molar-refractivity contribution is 9.10. The lowest BCUT2D eigenvalue weighted by Gasteiger charge is -2.01. The van der Waals surface area contributed by atoms with E-state index in [9.17, 15) is 4.79 Å². The normalized spacial score (nSPS) is 10.4. The molecular formula is C13H14BrN3OS. The highest BCUT2D eigenvalue weighted by atomic mass is 79.9. The molecule has 2 rings (SSSR count). The van der Waals surface area contributed by atoms with E-state index in [4.69, 9.17) is 0 Å². The number of nitrogens with zero attached hydrogens (tertiary/aromatic N) is 1. The smallest absolute Gasteiger partial charge is 0.233 e. The van der Waals surface area contributed by atoms with Crippen molar-refractivity contribution in [1.29, 1.82) is 0 Å². The van der Waals surface area contributed by atoms with Crippen LogP contribution in [0.5, 0.6) is 0 Å². The molecule has 2 aromatic rings. The van der Waals surface area contributed by atoms with Gasteiger partial charge in [-0.15, -0.1) is 11.3 Å². The lowest BCUT2D eigenvalue weighted by molar-refractivity contribution is -0.119. The van der Waals surface area contributed by atoms with Crippen molar-refractivity contribution in [1.82, 2.24) is 15.6 Å². The molecule has 0 bridgehead atoms. The predicted molar refractivity (Wildman–Crippen MR) is 81.0 cm³/mol. The van der Waals surface area contributed by atoms with E-state index in [1.54, 1.807) is 18.4 Å². The Morgan fingerprint density at radius 1 is 1.47 bits per heavy atom. The number of halogens is 1. The number of benzene rings is 1. The average Bonchev–Trinajstić information content (AvgIpc) is 2.87. The van der Waals surface area contributed by atoms with E-state index in [1.807, 2.05) is 29.6 Å². The quantitative estimate of drug-likeness (QED) is 0.879. The van der Waals surface area contributed by atoms with Crippen LogP contribution in [-0.4, -0.2) is 24.5 Å². The van der Waals surface area contributed by atoms with E-state index in [2.05, 4.69) is 31.5 Å². The van der Waals surface area contributed by atoms with Gasteiger partial charge in [0.1, 0.15) is 5.01 Å². The van der Waals surface area contributed by atoms with Crippen LogP contribution in [0.3, 0.4) is 0 Å². The standard InChI is InChI=1S/C13H14BrN3OS/c1-15-12(18)7-16-6-11-8-19-13(17-11)9-3-2-4-10(14)5-9/h2-5,8,16H,6-7H2,1H3,(H,15,18). The second kappa shape index (κ2) is 6.79. The summed E-state index contributed by atoms with van der Waals surface area (Å²) in [5, 5.41) is 8.61. The first-order valence-electron chi connectivity index (χ1n) is 5.80. The molecule has 1 amide bonds. The van der Waals surface area contributed by atoms with Gasteiger partial charge in [0, 0.05) is 29.0 Å². The number of likely N-dealkylation sites (N-methyl/N-ethyl adjacent to an activating group) is 1. The monoisotopic (exact) mass is 339 g/mol. The summed E-state index contributed by atoms with van der Waals surface area (Å²) >= 11 is 5.06. The minimum absolute atomic E-state index is 0.0255. The lowest BCUT2D eigenvalue weighted by Crippen LogP contribution is -2.31. The SMILES string of the molecule is CNC(=O)CNCc1csc(-c2cccc(Br)c2)n1. The zero-order valence-corrected chi connectivity index (χ0v) is 12.8. The van der Waals surface area contributed by atoms with Crippen LogP contribution in [0.4, 0.5) is 0 Å². The molecule has 0 fully saturated rings. The van der Waals surface area contributed by atoms with Gasteiger partial charge in [0.2, 0.25) is 5.91 Å². The van der Waals surface area contributed by atoms with E-state index in [0.29, 0.717) is 13.1 Å². The topological polar surface area (TPSA) is 54.0 Å². The number of thiazole rings is 1. The van der Waals surface area contributed by atoms with E-state index in [1.165, 1.54) is 0 Å². The number of nitrogens with one attached hydrogen (secondary N) is 2. The molecular weight excluding hydrogens is 326 g/mol. The van der Waals surface area contributed by atoms with E-state index < -0.39 is 0 Å². The molecule has 19 heavy (non-hydrogen) atoms. The summed E-state index contributed by atoms with van der Waals surface area (Å²) in [6.45, 7) is 0.901. The zero-order valence-electron chi connectivity index (χ0n) is 10.4. The summed E-state index contributed by atoms with van der Waals surface area (Å²) in [5.41, 5.74) is 2.04. The van der Waals surface area contributed by atoms with Crippen LogP contribution < -0.4 is 10.6 Å².